The fourth-order valence-corrected chi connectivity index (χ4v) is 4.32. The second kappa shape index (κ2) is 5.21. The van der Waals surface area contributed by atoms with Crippen LogP contribution in [0.1, 0.15) is 31.4 Å². The van der Waals surface area contributed by atoms with E-state index in [2.05, 4.69) is 42.2 Å². The number of aryl methyl sites for hydroxylation is 1. The van der Waals surface area contributed by atoms with Crippen LogP contribution < -0.4 is 5.56 Å². The Kier molecular flexibility index (Phi) is 3.35. The highest BCUT2D eigenvalue weighted by Crippen LogP contribution is 2.43. The van der Waals surface area contributed by atoms with E-state index in [1.165, 1.54) is 17.3 Å². The molecule has 0 saturated carbocycles. The van der Waals surface area contributed by atoms with Crippen LogP contribution in [-0.2, 0) is 18.9 Å². The van der Waals surface area contributed by atoms with Crippen molar-refractivity contribution in [1.82, 2.24) is 19.2 Å². The first-order valence-electron chi connectivity index (χ1n) is 8.12. The van der Waals surface area contributed by atoms with Crippen LogP contribution in [0.3, 0.4) is 0 Å². The van der Waals surface area contributed by atoms with Crippen molar-refractivity contribution >= 4 is 17.5 Å². The van der Waals surface area contributed by atoms with Crippen LogP contribution in [0.5, 0.6) is 0 Å². The van der Waals surface area contributed by atoms with Gasteiger partial charge >= 0.3 is 0 Å². The molecule has 1 aliphatic carbocycles. The van der Waals surface area contributed by atoms with E-state index in [9.17, 15) is 4.79 Å². The zero-order valence-electron chi connectivity index (χ0n) is 14.3. The monoisotopic (exact) mass is 340 g/mol. The first-order chi connectivity index (χ1) is 11.5. The lowest BCUT2D eigenvalue weighted by Crippen LogP contribution is -2.39. The van der Waals surface area contributed by atoms with Crippen LogP contribution in [0.25, 0.3) is 17.0 Å². The predicted molar refractivity (Wildman–Crippen MR) is 96.8 cm³/mol. The van der Waals surface area contributed by atoms with Crippen molar-refractivity contribution in [3.8, 4) is 11.3 Å². The SMILES string of the molecule is CCC1(C)Cc2ccccc2-c2c1c(=O)n1c(SC)nnc1n2C. The Morgan fingerprint density at radius 1 is 1.29 bits per heavy atom. The summed E-state index contributed by atoms with van der Waals surface area (Å²) in [6, 6.07) is 8.37. The Bertz CT molecular complexity index is 1020. The molecular weight excluding hydrogens is 320 g/mol. The largest absolute Gasteiger partial charge is 0.312 e. The van der Waals surface area contributed by atoms with Crippen molar-refractivity contribution < 1.29 is 0 Å². The van der Waals surface area contributed by atoms with Gasteiger partial charge in [-0.1, -0.05) is 49.9 Å². The predicted octanol–water partition coefficient (Wildman–Crippen LogP) is 3.04. The van der Waals surface area contributed by atoms with Gasteiger partial charge in [-0.15, -0.1) is 10.2 Å². The van der Waals surface area contributed by atoms with Crippen molar-refractivity contribution in [1.29, 1.82) is 0 Å². The molecule has 0 bridgehead atoms. The maximum Gasteiger partial charge on any atom is 0.265 e. The summed E-state index contributed by atoms with van der Waals surface area (Å²) in [5.41, 5.74) is 4.12. The van der Waals surface area contributed by atoms with Gasteiger partial charge in [-0.05, 0) is 24.7 Å². The summed E-state index contributed by atoms with van der Waals surface area (Å²) in [6.07, 6.45) is 3.71. The molecule has 4 rings (SSSR count). The van der Waals surface area contributed by atoms with Gasteiger partial charge in [-0.2, -0.15) is 0 Å². The number of aromatic nitrogens is 4. The fraction of sp³-hybridized carbons (Fsp3) is 0.389. The first kappa shape index (κ1) is 15.4. The lowest BCUT2D eigenvalue weighted by molar-refractivity contribution is 0.436. The van der Waals surface area contributed by atoms with Gasteiger partial charge in [0.15, 0.2) is 5.16 Å². The number of nitrogens with zero attached hydrogens (tertiary/aromatic N) is 4. The topological polar surface area (TPSA) is 52.2 Å². The Hall–Kier alpha value is -2.08. The fourth-order valence-electron chi connectivity index (χ4n) is 3.85. The zero-order valence-corrected chi connectivity index (χ0v) is 15.1. The molecule has 2 heterocycles. The smallest absolute Gasteiger partial charge is 0.265 e. The van der Waals surface area contributed by atoms with Crippen molar-refractivity contribution in [2.24, 2.45) is 7.05 Å². The third-order valence-electron chi connectivity index (χ3n) is 5.33. The molecule has 3 aromatic rings. The van der Waals surface area contributed by atoms with E-state index in [0.717, 1.165) is 29.7 Å². The van der Waals surface area contributed by atoms with Gasteiger partial charge in [-0.3, -0.25) is 4.79 Å². The summed E-state index contributed by atoms with van der Waals surface area (Å²) in [6.45, 7) is 4.35. The van der Waals surface area contributed by atoms with Crippen molar-refractivity contribution in [3.63, 3.8) is 0 Å². The molecule has 0 fully saturated rings. The number of hydrogen-bond donors (Lipinski definition) is 0. The molecule has 1 unspecified atom stereocenters. The van der Waals surface area contributed by atoms with Gasteiger partial charge in [0.1, 0.15) is 0 Å². The highest BCUT2D eigenvalue weighted by molar-refractivity contribution is 7.98. The molecule has 0 radical (unpaired) electrons. The third-order valence-corrected chi connectivity index (χ3v) is 5.95. The number of hydrogen-bond acceptors (Lipinski definition) is 4. The molecule has 24 heavy (non-hydrogen) atoms. The first-order valence-corrected chi connectivity index (χ1v) is 9.35. The number of rotatable bonds is 2. The van der Waals surface area contributed by atoms with Crippen LogP contribution in [0.4, 0.5) is 0 Å². The minimum atomic E-state index is -0.188. The van der Waals surface area contributed by atoms with Crippen LogP contribution >= 0.6 is 11.8 Å². The molecule has 0 N–H and O–H groups in total. The lowest BCUT2D eigenvalue weighted by Gasteiger charge is -2.36. The van der Waals surface area contributed by atoms with E-state index in [0.29, 0.717) is 10.9 Å². The minimum absolute atomic E-state index is 0.0197. The van der Waals surface area contributed by atoms with Crippen molar-refractivity contribution in [2.75, 3.05) is 6.26 Å². The Morgan fingerprint density at radius 3 is 2.75 bits per heavy atom. The molecule has 2 aromatic heterocycles. The van der Waals surface area contributed by atoms with Gasteiger partial charge in [0.2, 0.25) is 5.78 Å². The Balaban J connectivity index is 2.23. The molecule has 1 aliphatic rings. The highest BCUT2D eigenvalue weighted by atomic mass is 32.2. The van der Waals surface area contributed by atoms with Gasteiger partial charge in [0.25, 0.3) is 5.56 Å². The molecule has 5 nitrogen and oxygen atoms in total. The number of benzene rings is 1. The van der Waals surface area contributed by atoms with E-state index in [-0.39, 0.29) is 11.0 Å². The molecular formula is C18H20N4OS. The standard InChI is InChI=1S/C18H20N4OS/c1-5-18(2)10-11-8-6-7-9-12(11)14-13(18)15(23)22-16(21(14)3)19-20-17(22)24-4/h6-9H,5,10H2,1-4H3. The summed E-state index contributed by atoms with van der Waals surface area (Å²) in [5.74, 6) is 0.596. The zero-order chi connectivity index (χ0) is 17.1. The molecule has 6 heteroatoms. The maximum absolute atomic E-state index is 13.4. The molecule has 0 saturated heterocycles. The van der Waals surface area contributed by atoms with Crippen molar-refractivity contribution in [3.05, 3.63) is 45.7 Å². The maximum atomic E-state index is 13.4. The van der Waals surface area contributed by atoms with E-state index in [1.807, 2.05) is 23.9 Å². The molecule has 1 aromatic carbocycles. The summed E-state index contributed by atoms with van der Waals surface area (Å²) in [7, 11) is 1.98. The van der Waals surface area contributed by atoms with Crippen LogP contribution in [0.15, 0.2) is 34.2 Å². The molecule has 0 spiro atoms. The van der Waals surface area contributed by atoms with E-state index >= 15 is 0 Å². The van der Waals surface area contributed by atoms with Gasteiger partial charge in [-0.25, -0.2) is 4.40 Å². The Morgan fingerprint density at radius 2 is 2.04 bits per heavy atom. The minimum Gasteiger partial charge on any atom is -0.312 e. The average molecular weight is 340 g/mol. The molecule has 0 aliphatic heterocycles. The molecule has 0 amide bonds. The van der Waals surface area contributed by atoms with Crippen molar-refractivity contribution in [2.45, 2.75) is 37.3 Å². The number of fused-ring (bicyclic) bond motifs is 4. The normalized spacial score (nSPS) is 19.3. The highest BCUT2D eigenvalue weighted by Gasteiger charge is 2.38. The summed E-state index contributed by atoms with van der Waals surface area (Å²) in [5, 5.41) is 9.10. The van der Waals surface area contributed by atoms with Gasteiger partial charge < -0.3 is 4.57 Å². The summed E-state index contributed by atoms with van der Waals surface area (Å²) < 4.78 is 3.68. The van der Waals surface area contributed by atoms with E-state index < -0.39 is 0 Å². The van der Waals surface area contributed by atoms with E-state index in [1.54, 1.807) is 4.40 Å². The van der Waals surface area contributed by atoms with Gasteiger partial charge in [0, 0.05) is 23.6 Å². The Labute approximate surface area is 144 Å². The van der Waals surface area contributed by atoms with E-state index in [4.69, 9.17) is 0 Å². The van der Waals surface area contributed by atoms with Crippen LogP contribution in [0.2, 0.25) is 0 Å². The molecule has 124 valence electrons. The summed E-state index contributed by atoms with van der Waals surface area (Å²) >= 11 is 1.45. The second-order valence-electron chi connectivity index (χ2n) is 6.66. The van der Waals surface area contributed by atoms with Crippen LogP contribution in [0, 0.1) is 0 Å². The molecule has 1 atom stereocenters. The summed E-state index contributed by atoms with van der Waals surface area (Å²) in [4.78, 5) is 13.4. The average Bonchev–Trinajstić information content (AvgIpc) is 3.03. The lowest BCUT2D eigenvalue weighted by atomic mass is 9.69. The van der Waals surface area contributed by atoms with Gasteiger partial charge in [0.05, 0.1) is 5.69 Å². The van der Waals surface area contributed by atoms with Crippen LogP contribution in [-0.4, -0.2) is 25.4 Å². The quantitative estimate of drug-likeness (QED) is 0.673. The number of thioether (sulfide) groups is 1. The second-order valence-corrected chi connectivity index (χ2v) is 7.43. The third kappa shape index (κ3) is 1.86.